The lowest BCUT2D eigenvalue weighted by molar-refractivity contribution is -0.133. The molecule has 3 heterocycles. The summed E-state index contributed by atoms with van der Waals surface area (Å²) in [5.41, 5.74) is 2.94. The third-order valence-corrected chi connectivity index (χ3v) is 8.38. The second-order valence-corrected chi connectivity index (χ2v) is 12.9. The lowest BCUT2D eigenvalue weighted by Gasteiger charge is -2.28. The molecular formula is C34H42ClN5O7. The van der Waals surface area contributed by atoms with Crippen LogP contribution in [0.4, 0.5) is 0 Å². The summed E-state index contributed by atoms with van der Waals surface area (Å²) in [6.07, 6.45) is 1.55. The maximum atomic E-state index is 13.7. The number of H-pyrrole nitrogens is 1. The van der Waals surface area contributed by atoms with E-state index in [9.17, 15) is 24.0 Å². The smallest absolute Gasteiger partial charge is 0.340 e. The molecule has 0 spiro atoms. The molecule has 12 nitrogen and oxygen atoms in total. The number of nitrogens with zero attached hydrogens (tertiary/aromatic N) is 1. The van der Waals surface area contributed by atoms with Crippen LogP contribution in [0.5, 0.6) is 5.75 Å². The molecule has 1 aromatic carbocycles. The molecule has 3 atom stereocenters. The monoisotopic (exact) mass is 667 g/mol. The highest BCUT2D eigenvalue weighted by Crippen LogP contribution is 2.30. The number of esters is 1. The Morgan fingerprint density at radius 2 is 1.81 bits per heavy atom. The van der Waals surface area contributed by atoms with E-state index in [0.717, 1.165) is 12.1 Å². The number of hydrogen-bond donors (Lipinski definition) is 4. The first-order valence-electron chi connectivity index (χ1n) is 15.7. The van der Waals surface area contributed by atoms with Gasteiger partial charge in [-0.1, -0.05) is 25.4 Å². The average Bonchev–Trinajstić information content (AvgIpc) is 3.43. The Balaban J connectivity index is 1.52. The molecule has 47 heavy (non-hydrogen) atoms. The van der Waals surface area contributed by atoms with Gasteiger partial charge in [0.1, 0.15) is 17.5 Å². The van der Waals surface area contributed by atoms with Crippen LogP contribution in [0, 0.1) is 32.6 Å². The van der Waals surface area contributed by atoms with Crippen LogP contribution in [-0.4, -0.2) is 71.8 Å². The van der Waals surface area contributed by atoms with Crippen molar-refractivity contribution in [3.8, 4) is 5.75 Å². The molecule has 0 bridgehead atoms. The van der Waals surface area contributed by atoms with Crippen LogP contribution in [0.2, 0.25) is 5.02 Å². The number of amides is 3. The minimum Gasteiger partial charge on any atom is -0.496 e. The van der Waals surface area contributed by atoms with E-state index >= 15 is 0 Å². The number of ketones is 1. The standard InChI is InChI=1S/C34H42ClN5O7/c1-17(2)10-26(40-33(44)27-15-23-24(38-27)13-22(35)14-29(23)46-6)32(43)39-25(12-21-8-7-9-36-31(21)42)28(41)16-47-34(45)30-18(3)11-19(4)37-20(30)5/h11,13-15,17,21,25-26,38H,7-10,12,16H2,1-6H3,(H,36,42)(H,39,43)(H,40,44)/t21-,25-,26-/m0/s1. The minimum absolute atomic E-state index is 0.00138. The van der Waals surface area contributed by atoms with Gasteiger partial charge < -0.3 is 30.4 Å². The summed E-state index contributed by atoms with van der Waals surface area (Å²) >= 11 is 6.18. The van der Waals surface area contributed by atoms with Crippen LogP contribution >= 0.6 is 11.6 Å². The quantitative estimate of drug-likeness (QED) is 0.197. The molecule has 0 radical (unpaired) electrons. The normalized spacial score (nSPS) is 15.9. The molecule has 1 aliphatic rings. The number of methoxy groups -OCH3 is 1. The van der Waals surface area contributed by atoms with Crippen molar-refractivity contribution < 1.29 is 33.4 Å². The zero-order chi connectivity index (χ0) is 34.4. The lowest BCUT2D eigenvalue weighted by Crippen LogP contribution is -2.54. The summed E-state index contributed by atoms with van der Waals surface area (Å²) in [7, 11) is 1.50. The fourth-order valence-electron chi connectivity index (χ4n) is 5.93. The Bertz CT molecular complexity index is 1660. The van der Waals surface area contributed by atoms with E-state index in [1.165, 1.54) is 7.11 Å². The first-order chi connectivity index (χ1) is 22.3. The van der Waals surface area contributed by atoms with Gasteiger partial charge in [-0.3, -0.25) is 24.2 Å². The number of aromatic nitrogens is 2. The van der Waals surface area contributed by atoms with Crippen LogP contribution < -0.4 is 20.7 Å². The summed E-state index contributed by atoms with van der Waals surface area (Å²) < 4.78 is 10.8. The van der Waals surface area contributed by atoms with Crippen molar-refractivity contribution in [2.45, 2.75) is 72.4 Å². The van der Waals surface area contributed by atoms with Crippen LogP contribution in [0.1, 0.15) is 77.3 Å². The molecule has 1 aliphatic heterocycles. The number of pyridine rings is 1. The second kappa shape index (κ2) is 15.4. The van der Waals surface area contributed by atoms with Crippen LogP contribution in [0.3, 0.4) is 0 Å². The predicted octanol–water partition coefficient (Wildman–Crippen LogP) is 4.12. The maximum Gasteiger partial charge on any atom is 0.340 e. The molecule has 0 aliphatic carbocycles. The van der Waals surface area contributed by atoms with Crippen molar-refractivity contribution in [2.75, 3.05) is 20.3 Å². The highest BCUT2D eigenvalue weighted by atomic mass is 35.5. The Hall–Kier alpha value is -4.45. The minimum atomic E-state index is -1.14. The van der Waals surface area contributed by atoms with E-state index in [-0.39, 0.29) is 35.9 Å². The van der Waals surface area contributed by atoms with Crippen molar-refractivity contribution in [2.24, 2.45) is 11.8 Å². The Morgan fingerprint density at radius 1 is 1.06 bits per heavy atom. The van der Waals surface area contributed by atoms with Crippen LogP contribution in [-0.2, 0) is 19.1 Å². The summed E-state index contributed by atoms with van der Waals surface area (Å²) in [4.78, 5) is 73.6. The van der Waals surface area contributed by atoms with Gasteiger partial charge in [0.05, 0.1) is 29.9 Å². The summed E-state index contributed by atoms with van der Waals surface area (Å²) in [6, 6.07) is 4.50. The molecule has 13 heteroatoms. The van der Waals surface area contributed by atoms with E-state index < -0.39 is 48.2 Å². The van der Waals surface area contributed by atoms with Gasteiger partial charge in [-0.05, 0) is 82.2 Å². The molecule has 0 unspecified atom stereocenters. The van der Waals surface area contributed by atoms with Gasteiger partial charge in [0, 0.05) is 28.6 Å². The van der Waals surface area contributed by atoms with E-state index in [4.69, 9.17) is 21.1 Å². The first-order valence-corrected chi connectivity index (χ1v) is 16.0. The van der Waals surface area contributed by atoms with Gasteiger partial charge >= 0.3 is 5.97 Å². The number of hydrogen-bond acceptors (Lipinski definition) is 8. The van der Waals surface area contributed by atoms with Crippen molar-refractivity contribution in [1.29, 1.82) is 0 Å². The number of Topliss-reactive ketones (excluding diaryl/α,β-unsaturated/α-hetero) is 1. The van der Waals surface area contributed by atoms with E-state index in [2.05, 4.69) is 25.9 Å². The van der Waals surface area contributed by atoms with E-state index in [1.54, 1.807) is 38.1 Å². The predicted molar refractivity (Wildman–Crippen MR) is 177 cm³/mol. The summed E-state index contributed by atoms with van der Waals surface area (Å²) in [6.45, 7) is 8.99. The molecule has 0 saturated carbocycles. The molecule has 4 rings (SSSR count). The number of aryl methyl sites for hydroxylation is 3. The Labute approximate surface area is 278 Å². The highest BCUT2D eigenvalue weighted by molar-refractivity contribution is 6.31. The molecule has 252 valence electrons. The number of carbonyl (C=O) groups is 5. The number of aromatic amines is 1. The number of nitrogens with one attached hydrogen (secondary N) is 4. The molecule has 3 amide bonds. The Morgan fingerprint density at radius 3 is 2.47 bits per heavy atom. The SMILES string of the molecule is COc1cc(Cl)cc2[nH]c(C(=O)N[C@@H](CC(C)C)C(=O)N[C@@H](C[C@@H]3CCCNC3=O)C(=O)COC(=O)c3c(C)cc(C)nc3C)cc12. The summed E-state index contributed by atoms with van der Waals surface area (Å²) in [5, 5.41) is 9.41. The molecule has 1 fully saturated rings. The lowest BCUT2D eigenvalue weighted by atomic mass is 9.90. The fourth-order valence-corrected chi connectivity index (χ4v) is 6.14. The van der Waals surface area contributed by atoms with Gasteiger partial charge in [-0.15, -0.1) is 0 Å². The van der Waals surface area contributed by atoms with Crippen molar-refractivity contribution in [1.82, 2.24) is 25.9 Å². The first kappa shape index (κ1) is 35.4. The van der Waals surface area contributed by atoms with Gasteiger partial charge in [-0.2, -0.15) is 0 Å². The van der Waals surface area contributed by atoms with Crippen LogP contribution in [0.15, 0.2) is 24.3 Å². The number of carbonyl (C=O) groups excluding carboxylic acids is 5. The number of ether oxygens (including phenoxy) is 2. The van der Waals surface area contributed by atoms with E-state index in [1.807, 2.05) is 20.8 Å². The molecule has 4 N–H and O–H groups in total. The molecule has 3 aromatic rings. The third-order valence-electron chi connectivity index (χ3n) is 8.16. The number of rotatable bonds is 13. The number of halogens is 1. The molecule has 2 aromatic heterocycles. The molecule has 1 saturated heterocycles. The number of piperidine rings is 1. The molecular weight excluding hydrogens is 626 g/mol. The number of fused-ring (bicyclic) bond motifs is 1. The van der Waals surface area contributed by atoms with Crippen molar-refractivity contribution >= 4 is 52.0 Å². The second-order valence-electron chi connectivity index (χ2n) is 12.4. The fraction of sp³-hybridized carbons (Fsp3) is 0.471. The number of benzene rings is 1. The zero-order valence-corrected chi connectivity index (χ0v) is 28.3. The average molecular weight is 668 g/mol. The summed E-state index contributed by atoms with van der Waals surface area (Å²) in [5.74, 6) is -2.67. The Kier molecular flexibility index (Phi) is 11.6. The van der Waals surface area contributed by atoms with Crippen molar-refractivity contribution in [3.63, 3.8) is 0 Å². The largest absolute Gasteiger partial charge is 0.496 e. The topological polar surface area (TPSA) is 169 Å². The highest BCUT2D eigenvalue weighted by Gasteiger charge is 2.33. The maximum absolute atomic E-state index is 13.7. The van der Waals surface area contributed by atoms with Gasteiger partial charge in [0.25, 0.3) is 5.91 Å². The third kappa shape index (κ3) is 8.88. The van der Waals surface area contributed by atoms with E-state index in [0.29, 0.717) is 45.9 Å². The van der Waals surface area contributed by atoms with Gasteiger partial charge in [-0.25, -0.2) is 4.79 Å². The van der Waals surface area contributed by atoms with Gasteiger partial charge in [0.2, 0.25) is 11.8 Å². The van der Waals surface area contributed by atoms with Crippen molar-refractivity contribution in [3.05, 3.63) is 57.5 Å². The van der Waals surface area contributed by atoms with Crippen LogP contribution in [0.25, 0.3) is 10.9 Å². The van der Waals surface area contributed by atoms with Gasteiger partial charge in [0.15, 0.2) is 12.4 Å². The zero-order valence-electron chi connectivity index (χ0n) is 27.5.